The minimum Gasteiger partial charge on any atom is -0.491 e. The largest absolute Gasteiger partial charge is 0.491 e. The van der Waals surface area contributed by atoms with Gasteiger partial charge in [0.25, 0.3) is 0 Å². The van der Waals surface area contributed by atoms with Gasteiger partial charge in [0.05, 0.1) is 31.2 Å². The average molecular weight is 332 g/mol. The topological polar surface area (TPSA) is 118 Å². The van der Waals surface area contributed by atoms with Crippen molar-refractivity contribution < 1.29 is 19.7 Å². The van der Waals surface area contributed by atoms with E-state index in [-0.39, 0.29) is 24.8 Å². The Balaban J connectivity index is 0.000000243. The lowest BCUT2D eigenvalue weighted by Crippen LogP contribution is -2.02. The molecular formula is C16H20N4O4. The van der Waals surface area contributed by atoms with Crippen molar-refractivity contribution in [2.75, 3.05) is 6.61 Å². The van der Waals surface area contributed by atoms with Gasteiger partial charge in [0.15, 0.2) is 23.2 Å². The first-order valence-electron chi connectivity index (χ1n) is 7.20. The van der Waals surface area contributed by atoms with Crippen LogP contribution in [0.25, 0.3) is 5.76 Å². The van der Waals surface area contributed by atoms with Gasteiger partial charge < -0.3 is 14.9 Å². The van der Waals surface area contributed by atoms with Gasteiger partial charge in [-0.25, -0.2) is 19.9 Å². The van der Waals surface area contributed by atoms with Crippen molar-refractivity contribution in [3.05, 3.63) is 54.1 Å². The molecule has 2 heterocycles. The number of nitrogens with zero attached hydrogens (tertiary/aromatic N) is 4. The summed E-state index contributed by atoms with van der Waals surface area (Å²) >= 11 is 0. The van der Waals surface area contributed by atoms with Gasteiger partial charge in [-0.2, -0.15) is 0 Å². The molecule has 0 unspecified atom stereocenters. The molecule has 0 aliphatic carbocycles. The Kier molecular flexibility index (Phi) is 8.17. The van der Waals surface area contributed by atoms with Crippen LogP contribution in [0.3, 0.4) is 0 Å². The molecule has 0 aliphatic heterocycles. The summed E-state index contributed by atoms with van der Waals surface area (Å²) in [6.45, 7) is 7.18. The summed E-state index contributed by atoms with van der Waals surface area (Å²) in [5, 5.41) is 17.5. The predicted molar refractivity (Wildman–Crippen MR) is 86.6 cm³/mol. The number of aliphatic hydroxyl groups is 2. The number of carbonyl (C=O) groups excluding carboxylic acids is 1. The van der Waals surface area contributed by atoms with E-state index in [4.69, 9.17) is 14.9 Å². The first-order valence-corrected chi connectivity index (χ1v) is 7.20. The molecule has 0 fully saturated rings. The predicted octanol–water partition coefficient (Wildman–Crippen LogP) is 1.15. The minimum atomic E-state index is -0.194. The highest BCUT2D eigenvalue weighted by molar-refractivity contribution is 5.90. The summed E-state index contributed by atoms with van der Waals surface area (Å²) in [5.74, 6) is 0.808. The number of ketones is 1. The van der Waals surface area contributed by atoms with Gasteiger partial charge in [0.1, 0.15) is 0 Å². The number of rotatable bonds is 6. The second-order valence-electron chi connectivity index (χ2n) is 4.47. The summed E-state index contributed by atoms with van der Waals surface area (Å²) < 4.78 is 5.13. The van der Waals surface area contributed by atoms with Crippen molar-refractivity contribution in [3.8, 4) is 0 Å². The first kappa shape index (κ1) is 19.3. The van der Waals surface area contributed by atoms with Gasteiger partial charge in [0, 0.05) is 19.3 Å². The molecule has 2 aromatic rings. The molecule has 8 nitrogen and oxygen atoms in total. The van der Waals surface area contributed by atoms with Crippen molar-refractivity contribution >= 4 is 11.5 Å². The molecule has 2 N–H and O–H groups in total. The second-order valence-corrected chi connectivity index (χ2v) is 4.47. The molecule has 24 heavy (non-hydrogen) atoms. The van der Waals surface area contributed by atoms with E-state index in [0.717, 1.165) is 0 Å². The molecular weight excluding hydrogens is 312 g/mol. The van der Waals surface area contributed by atoms with Crippen molar-refractivity contribution in [3.63, 3.8) is 0 Å². The van der Waals surface area contributed by atoms with Gasteiger partial charge >= 0.3 is 0 Å². The van der Waals surface area contributed by atoms with E-state index in [1.807, 2.05) is 6.92 Å². The van der Waals surface area contributed by atoms with E-state index in [0.29, 0.717) is 29.6 Å². The van der Waals surface area contributed by atoms with Crippen LogP contribution in [0.15, 0.2) is 31.1 Å². The number of carbonyl (C=O) groups is 1. The zero-order valence-electron chi connectivity index (χ0n) is 13.6. The Hall–Kier alpha value is -2.71. The zero-order valence-corrected chi connectivity index (χ0v) is 13.6. The average Bonchev–Trinajstić information content (AvgIpc) is 2.62. The van der Waals surface area contributed by atoms with E-state index in [1.165, 1.54) is 13.1 Å². The third-order valence-corrected chi connectivity index (χ3v) is 2.63. The standard InChI is InChI=1S/C9H12N2O2.C7H8N2O2/c1-3-13-7(2)9-10-5-4-8(6-12)11-9;1-5(11)7-8-3-2-6(4-10)9-7/h4-5,12H,2-3,6H2,1H3;2-3,10H,4H2,1H3. The van der Waals surface area contributed by atoms with Gasteiger partial charge in [0.2, 0.25) is 0 Å². The minimum absolute atomic E-state index is 0.102. The van der Waals surface area contributed by atoms with E-state index < -0.39 is 0 Å². The van der Waals surface area contributed by atoms with Crippen LogP contribution in [0.2, 0.25) is 0 Å². The summed E-state index contributed by atoms with van der Waals surface area (Å²) in [6.07, 6.45) is 3.02. The van der Waals surface area contributed by atoms with Crippen molar-refractivity contribution in [2.45, 2.75) is 27.1 Å². The molecule has 8 heteroatoms. The molecule has 0 aliphatic rings. The smallest absolute Gasteiger partial charge is 0.196 e. The molecule has 128 valence electrons. The molecule has 0 spiro atoms. The summed E-state index contributed by atoms with van der Waals surface area (Å²) in [6, 6.07) is 3.20. The van der Waals surface area contributed by atoms with Crippen LogP contribution >= 0.6 is 0 Å². The zero-order chi connectivity index (χ0) is 17.9. The SMILES string of the molecule is C=C(OCC)c1nccc(CO)n1.CC(=O)c1nccc(CO)n1. The monoisotopic (exact) mass is 332 g/mol. The van der Waals surface area contributed by atoms with Crippen molar-refractivity contribution in [1.29, 1.82) is 0 Å². The van der Waals surface area contributed by atoms with Crippen molar-refractivity contribution in [2.24, 2.45) is 0 Å². The maximum absolute atomic E-state index is 10.7. The molecule has 0 aromatic carbocycles. The van der Waals surface area contributed by atoms with Crippen LogP contribution in [0.5, 0.6) is 0 Å². The lowest BCUT2D eigenvalue weighted by atomic mass is 10.3. The number of aromatic nitrogens is 4. The molecule has 0 radical (unpaired) electrons. The molecule has 0 saturated carbocycles. The van der Waals surface area contributed by atoms with E-state index >= 15 is 0 Å². The Morgan fingerprint density at radius 3 is 2.04 bits per heavy atom. The number of aliphatic hydroxyl groups excluding tert-OH is 2. The number of hydrogen-bond donors (Lipinski definition) is 2. The normalized spacial score (nSPS) is 9.67. The molecule has 0 bridgehead atoms. The van der Waals surface area contributed by atoms with Gasteiger partial charge in [-0.05, 0) is 19.1 Å². The highest BCUT2D eigenvalue weighted by atomic mass is 16.5. The molecule has 0 saturated heterocycles. The lowest BCUT2D eigenvalue weighted by Gasteiger charge is -2.05. The maximum atomic E-state index is 10.7. The molecule has 0 amide bonds. The van der Waals surface area contributed by atoms with E-state index in [2.05, 4.69) is 26.5 Å². The fourth-order valence-electron chi connectivity index (χ4n) is 1.51. The Morgan fingerprint density at radius 2 is 1.58 bits per heavy atom. The molecule has 2 aromatic heterocycles. The van der Waals surface area contributed by atoms with Crippen LogP contribution < -0.4 is 0 Å². The number of hydrogen-bond acceptors (Lipinski definition) is 8. The summed E-state index contributed by atoms with van der Waals surface area (Å²) in [7, 11) is 0. The summed E-state index contributed by atoms with van der Waals surface area (Å²) in [4.78, 5) is 26.2. The second kappa shape index (κ2) is 10.1. The third-order valence-electron chi connectivity index (χ3n) is 2.63. The first-order chi connectivity index (χ1) is 11.5. The summed E-state index contributed by atoms with van der Waals surface area (Å²) in [5.41, 5.74) is 1.02. The number of Topliss-reactive ketones (excluding diaryl/α,β-unsaturated/α-hetero) is 1. The maximum Gasteiger partial charge on any atom is 0.196 e. The van der Waals surface area contributed by atoms with E-state index in [1.54, 1.807) is 18.3 Å². The van der Waals surface area contributed by atoms with Crippen molar-refractivity contribution in [1.82, 2.24) is 19.9 Å². The molecule has 0 atom stereocenters. The van der Waals surface area contributed by atoms with Crippen LogP contribution in [0.1, 0.15) is 41.7 Å². The van der Waals surface area contributed by atoms with Crippen LogP contribution in [-0.2, 0) is 18.0 Å². The quantitative estimate of drug-likeness (QED) is 0.597. The Labute approximate surface area is 139 Å². The highest BCUT2D eigenvalue weighted by Gasteiger charge is 2.03. The Bertz CT molecular complexity index is 691. The van der Waals surface area contributed by atoms with E-state index in [9.17, 15) is 4.79 Å². The fraction of sp³-hybridized carbons (Fsp3) is 0.312. The van der Waals surface area contributed by atoms with Crippen LogP contribution in [0.4, 0.5) is 0 Å². The van der Waals surface area contributed by atoms with Gasteiger partial charge in [-0.3, -0.25) is 4.79 Å². The van der Waals surface area contributed by atoms with Crippen LogP contribution in [-0.4, -0.2) is 42.5 Å². The van der Waals surface area contributed by atoms with Crippen LogP contribution in [0, 0.1) is 0 Å². The lowest BCUT2D eigenvalue weighted by molar-refractivity contribution is 0.100. The highest BCUT2D eigenvalue weighted by Crippen LogP contribution is 2.07. The Morgan fingerprint density at radius 1 is 1.08 bits per heavy atom. The molecule has 2 rings (SSSR count). The number of ether oxygens (including phenoxy) is 1. The van der Waals surface area contributed by atoms with Gasteiger partial charge in [-0.1, -0.05) is 6.58 Å². The van der Waals surface area contributed by atoms with Gasteiger partial charge in [-0.15, -0.1) is 0 Å². The third kappa shape index (κ3) is 6.19. The fourth-order valence-corrected chi connectivity index (χ4v) is 1.51.